The molecule has 0 atom stereocenters. The zero-order valence-electron chi connectivity index (χ0n) is 17.4. The summed E-state index contributed by atoms with van der Waals surface area (Å²) in [6.07, 6.45) is 4.45. The van der Waals surface area contributed by atoms with E-state index in [1.807, 2.05) is 24.3 Å². The fourth-order valence-corrected chi connectivity index (χ4v) is 3.76. The summed E-state index contributed by atoms with van der Waals surface area (Å²) in [7, 11) is 1.79. The number of hydrogen-bond acceptors (Lipinski definition) is 4. The van der Waals surface area contributed by atoms with Crippen LogP contribution in [-0.2, 0) is 21.5 Å². The Labute approximate surface area is 200 Å². The van der Waals surface area contributed by atoms with Crippen LogP contribution in [0.4, 0.5) is 0 Å². The van der Waals surface area contributed by atoms with Crippen molar-refractivity contribution >= 4 is 41.5 Å². The normalized spacial score (nSPS) is 16.0. The number of ether oxygens (including phenoxy) is 2. The van der Waals surface area contributed by atoms with Gasteiger partial charge in [0.15, 0.2) is 5.96 Å². The Morgan fingerprint density at radius 1 is 1.20 bits per heavy atom. The minimum absolute atomic E-state index is 0. The molecule has 1 aromatic carbocycles. The number of nitrogens with one attached hydrogen (secondary N) is 2. The van der Waals surface area contributed by atoms with Crippen molar-refractivity contribution in [3.8, 4) is 0 Å². The second-order valence-electron chi connectivity index (χ2n) is 7.24. The molecular formula is C22H31ClIN3O3. The second-order valence-corrected chi connectivity index (χ2v) is 7.68. The molecule has 2 heterocycles. The van der Waals surface area contributed by atoms with Crippen molar-refractivity contribution in [1.82, 2.24) is 10.6 Å². The molecule has 0 aliphatic carbocycles. The average Bonchev–Trinajstić information content (AvgIpc) is 3.27. The van der Waals surface area contributed by atoms with Gasteiger partial charge in [0.1, 0.15) is 12.4 Å². The van der Waals surface area contributed by atoms with Gasteiger partial charge in [-0.3, -0.25) is 4.99 Å². The van der Waals surface area contributed by atoms with Crippen molar-refractivity contribution in [1.29, 1.82) is 0 Å². The largest absolute Gasteiger partial charge is 0.467 e. The van der Waals surface area contributed by atoms with Crippen LogP contribution in [0.5, 0.6) is 0 Å². The minimum Gasteiger partial charge on any atom is -0.467 e. The van der Waals surface area contributed by atoms with Crippen LogP contribution in [0.25, 0.3) is 0 Å². The monoisotopic (exact) mass is 547 g/mol. The summed E-state index contributed by atoms with van der Waals surface area (Å²) in [6.45, 7) is 4.25. The molecule has 6 nitrogen and oxygen atoms in total. The number of halogens is 2. The molecule has 1 fully saturated rings. The molecule has 30 heavy (non-hydrogen) atoms. The predicted molar refractivity (Wildman–Crippen MR) is 131 cm³/mol. The molecule has 1 saturated heterocycles. The van der Waals surface area contributed by atoms with Crippen LogP contribution in [0.2, 0.25) is 5.02 Å². The average molecular weight is 548 g/mol. The van der Waals surface area contributed by atoms with Gasteiger partial charge in [0.25, 0.3) is 0 Å². The Morgan fingerprint density at radius 2 is 2.03 bits per heavy atom. The number of guanidine groups is 1. The highest BCUT2D eigenvalue weighted by atomic mass is 127. The smallest absolute Gasteiger partial charge is 0.191 e. The van der Waals surface area contributed by atoms with E-state index in [0.29, 0.717) is 13.2 Å². The maximum atomic E-state index is 6.25. The van der Waals surface area contributed by atoms with Gasteiger partial charge in [-0.15, -0.1) is 24.0 Å². The summed E-state index contributed by atoms with van der Waals surface area (Å²) < 4.78 is 16.5. The third-order valence-electron chi connectivity index (χ3n) is 5.29. The standard InChI is InChI=1S/C22H30ClN3O3.HI/c1-24-21(25-10-4-11-28-16-20-7-3-12-29-20)26-17-22(8-13-27-14-9-22)18-5-2-6-19(23)15-18;/h2-3,5-7,12,15H,4,8-11,13-14,16-17H2,1H3,(H2,24,25,26);1H. The highest BCUT2D eigenvalue weighted by molar-refractivity contribution is 14.0. The van der Waals surface area contributed by atoms with Crippen molar-refractivity contribution in [2.45, 2.75) is 31.3 Å². The fourth-order valence-electron chi connectivity index (χ4n) is 3.57. The maximum Gasteiger partial charge on any atom is 0.191 e. The van der Waals surface area contributed by atoms with Crippen molar-refractivity contribution in [2.24, 2.45) is 4.99 Å². The van der Waals surface area contributed by atoms with Gasteiger partial charge in [-0.1, -0.05) is 23.7 Å². The van der Waals surface area contributed by atoms with Gasteiger partial charge >= 0.3 is 0 Å². The zero-order valence-corrected chi connectivity index (χ0v) is 20.4. The van der Waals surface area contributed by atoms with E-state index in [0.717, 1.165) is 62.3 Å². The van der Waals surface area contributed by atoms with Gasteiger partial charge in [0.2, 0.25) is 0 Å². The van der Waals surface area contributed by atoms with Gasteiger partial charge in [-0.25, -0.2) is 0 Å². The summed E-state index contributed by atoms with van der Waals surface area (Å²) in [6, 6.07) is 11.9. The fraction of sp³-hybridized carbons (Fsp3) is 0.500. The molecule has 0 bridgehead atoms. The molecule has 2 N–H and O–H groups in total. The van der Waals surface area contributed by atoms with E-state index in [9.17, 15) is 0 Å². The number of benzene rings is 1. The molecular weight excluding hydrogens is 517 g/mol. The molecule has 3 rings (SSSR count). The number of aliphatic imine (C=N–C) groups is 1. The first-order valence-electron chi connectivity index (χ1n) is 10.1. The third-order valence-corrected chi connectivity index (χ3v) is 5.52. The maximum absolute atomic E-state index is 6.25. The Kier molecular flexibility index (Phi) is 11.0. The molecule has 1 aliphatic heterocycles. The Morgan fingerprint density at radius 3 is 2.73 bits per heavy atom. The highest BCUT2D eigenvalue weighted by Gasteiger charge is 2.34. The summed E-state index contributed by atoms with van der Waals surface area (Å²) in [5.74, 6) is 1.64. The summed E-state index contributed by atoms with van der Waals surface area (Å²) in [4.78, 5) is 4.35. The van der Waals surface area contributed by atoms with Gasteiger partial charge in [0.05, 0.1) is 6.26 Å². The number of furan rings is 1. The summed E-state index contributed by atoms with van der Waals surface area (Å²) in [5.41, 5.74) is 1.25. The van der Waals surface area contributed by atoms with E-state index >= 15 is 0 Å². The van der Waals surface area contributed by atoms with E-state index in [4.69, 9.17) is 25.5 Å². The van der Waals surface area contributed by atoms with Gasteiger partial charge in [-0.2, -0.15) is 0 Å². The topological polar surface area (TPSA) is 68.0 Å². The Balaban J connectivity index is 0.00000320. The van der Waals surface area contributed by atoms with Crippen molar-refractivity contribution in [3.63, 3.8) is 0 Å². The second kappa shape index (κ2) is 13.2. The third kappa shape index (κ3) is 7.44. The molecule has 1 aliphatic rings. The van der Waals surface area contributed by atoms with Gasteiger partial charge in [0, 0.05) is 50.4 Å². The molecule has 0 radical (unpaired) electrons. The summed E-state index contributed by atoms with van der Waals surface area (Å²) >= 11 is 6.25. The molecule has 1 aromatic heterocycles. The molecule has 0 unspecified atom stereocenters. The molecule has 0 amide bonds. The van der Waals surface area contributed by atoms with E-state index in [1.165, 1.54) is 5.56 Å². The lowest BCUT2D eigenvalue weighted by atomic mass is 9.74. The van der Waals surface area contributed by atoms with E-state index in [1.54, 1.807) is 13.3 Å². The number of rotatable bonds is 9. The molecule has 2 aromatic rings. The molecule has 166 valence electrons. The van der Waals surface area contributed by atoms with Crippen LogP contribution in [-0.4, -0.2) is 45.9 Å². The molecule has 0 saturated carbocycles. The van der Waals surface area contributed by atoms with Crippen molar-refractivity contribution in [2.75, 3.05) is 40.0 Å². The first-order chi connectivity index (χ1) is 14.2. The lowest BCUT2D eigenvalue weighted by Gasteiger charge is -2.38. The molecule has 0 spiro atoms. The van der Waals surface area contributed by atoms with Crippen LogP contribution < -0.4 is 10.6 Å². The number of nitrogens with zero attached hydrogens (tertiary/aromatic N) is 1. The van der Waals surface area contributed by atoms with Crippen LogP contribution in [0, 0.1) is 0 Å². The van der Waals surface area contributed by atoms with Crippen molar-refractivity contribution < 1.29 is 13.9 Å². The van der Waals surface area contributed by atoms with Crippen LogP contribution >= 0.6 is 35.6 Å². The highest BCUT2D eigenvalue weighted by Crippen LogP contribution is 2.35. The van der Waals surface area contributed by atoms with Crippen LogP contribution in [0.1, 0.15) is 30.6 Å². The Bertz CT molecular complexity index is 765. The SMILES string of the molecule is CN=C(NCCCOCc1ccco1)NCC1(c2cccc(Cl)c2)CCOCC1.I. The van der Waals surface area contributed by atoms with E-state index in [2.05, 4.69) is 27.8 Å². The predicted octanol–water partition coefficient (Wildman–Crippen LogP) is 4.37. The van der Waals surface area contributed by atoms with Crippen molar-refractivity contribution in [3.05, 3.63) is 59.0 Å². The zero-order chi connectivity index (χ0) is 20.4. The lowest BCUT2D eigenvalue weighted by Crippen LogP contribution is -2.48. The van der Waals surface area contributed by atoms with E-state index in [-0.39, 0.29) is 29.4 Å². The quantitative estimate of drug-likeness (QED) is 0.211. The first kappa shape index (κ1) is 25.0. The summed E-state index contributed by atoms with van der Waals surface area (Å²) in [5, 5.41) is 7.63. The number of hydrogen-bond donors (Lipinski definition) is 2. The minimum atomic E-state index is -0.00702. The van der Waals surface area contributed by atoms with Crippen LogP contribution in [0.3, 0.4) is 0 Å². The lowest BCUT2D eigenvalue weighted by molar-refractivity contribution is 0.0514. The van der Waals surface area contributed by atoms with E-state index < -0.39 is 0 Å². The van der Waals surface area contributed by atoms with Gasteiger partial charge < -0.3 is 24.5 Å². The molecule has 8 heteroatoms. The van der Waals surface area contributed by atoms with Crippen LogP contribution in [0.15, 0.2) is 52.1 Å². The first-order valence-corrected chi connectivity index (χ1v) is 10.5. The Hall–Kier alpha value is -1.29. The van der Waals surface area contributed by atoms with Gasteiger partial charge in [-0.05, 0) is 49.1 Å².